The number of carbonyl (C=O) groups is 1. The minimum Gasteiger partial charge on any atom is -0.497 e. The SMILES string of the molecule is COc1cc(CCNC(=O)[C@H]2CC[C@@H](OC)[C@H](N)C2)cc(OC)c1. The highest BCUT2D eigenvalue weighted by atomic mass is 16.5. The van der Waals surface area contributed by atoms with Crippen LogP contribution in [0.1, 0.15) is 24.8 Å². The van der Waals surface area contributed by atoms with E-state index in [0.29, 0.717) is 13.0 Å². The van der Waals surface area contributed by atoms with Gasteiger partial charge < -0.3 is 25.3 Å². The predicted molar refractivity (Wildman–Crippen MR) is 92.4 cm³/mol. The molecule has 134 valence electrons. The van der Waals surface area contributed by atoms with Gasteiger partial charge >= 0.3 is 0 Å². The van der Waals surface area contributed by atoms with Crippen LogP contribution in [0.4, 0.5) is 0 Å². The molecule has 0 unspecified atom stereocenters. The van der Waals surface area contributed by atoms with Crippen LogP contribution in [0.2, 0.25) is 0 Å². The molecule has 3 atom stereocenters. The van der Waals surface area contributed by atoms with E-state index in [1.165, 1.54) is 0 Å². The fourth-order valence-electron chi connectivity index (χ4n) is 3.19. The maximum absolute atomic E-state index is 12.3. The van der Waals surface area contributed by atoms with Crippen LogP contribution in [0.25, 0.3) is 0 Å². The zero-order valence-electron chi connectivity index (χ0n) is 14.7. The Hall–Kier alpha value is -1.79. The van der Waals surface area contributed by atoms with Crippen molar-refractivity contribution >= 4 is 5.91 Å². The number of hydrogen-bond donors (Lipinski definition) is 2. The van der Waals surface area contributed by atoms with Crippen molar-refractivity contribution in [1.82, 2.24) is 5.32 Å². The van der Waals surface area contributed by atoms with Crippen molar-refractivity contribution in [3.8, 4) is 11.5 Å². The van der Waals surface area contributed by atoms with Gasteiger partial charge in [0.05, 0.1) is 20.3 Å². The second-order valence-corrected chi connectivity index (χ2v) is 6.21. The van der Waals surface area contributed by atoms with E-state index in [1.54, 1.807) is 21.3 Å². The third-order valence-corrected chi connectivity index (χ3v) is 4.63. The second kappa shape index (κ2) is 8.89. The maximum Gasteiger partial charge on any atom is 0.223 e. The van der Waals surface area contributed by atoms with Gasteiger partial charge in [0, 0.05) is 31.7 Å². The van der Waals surface area contributed by atoms with Gasteiger partial charge in [-0.15, -0.1) is 0 Å². The molecule has 0 radical (unpaired) electrons. The lowest BCUT2D eigenvalue weighted by molar-refractivity contribution is -0.127. The van der Waals surface area contributed by atoms with Crippen molar-refractivity contribution in [2.45, 2.75) is 37.8 Å². The van der Waals surface area contributed by atoms with Crippen molar-refractivity contribution in [3.05, 3.63) is 23.8 Å². The zero-order valence-corrected chi connectivity index (χ0v) is 14.7. The van der Waals surface area contributed by atoms with Crippen LogP contribution in [0.3, 0.4) is 0 Å². The Balaban J connectivity index is 1.82. The van der Waals surface area contributed by atoms with Crippen LogP contribution >= 0.6 is 0 Å². The molecule has 1 aliphatic rings. The molecule has 1 aliphatic carbocycles. The fourth-order valence-corrected chi connectivity index (χ4v) is 3.19. The Labute approximate surface area is 143 Å². The van der Waals surface area contributed by atoms with E-state index in [2.05, 4.69) is 5.32 Å². The molecule has 0 heterocycles. The second-order valence-electron chi connectivity index (χ2n) is 6.21. The van der Waals surface area contributed by atoms with E-state index in [1.807, 2.05) is 18.2 Å². The molecule has 1 amide bonds. The number of amides is 1. The summed E-state index contributed by atoms with van der Waals surface area (Å²) in [6.45, 7) is 0.578. The first-order chi connectivity index (χ1) is 11.6. The Morgan fingerprint density at radius 3 is 2.38 bits per heavy atom. The van der Waals surface area contributed by atoms with Crippen molar-refractivity contribution in [2.75, 3.05) is 27.9 Å². The normalized spacial score (nSPS) is 23.6. The monoisotopic (exact) mass is 336 g/mol. The minimum absolute atomic E-state index is 0.0220. The highest BCUT2D eigenvalue weighted by Gasteiger charge is 2.31. The summed E-state index contributed by atoms with van der Waals surface area (Å²) < 4.78 is 15.9. The van der Waals surface area contributed by atoms with Gasteiger partial charge in [0.15, 0.2) is 0 Å². The average Bonchev–Trinajstić information content (AvgIpc) is 2.61. The molecule has 3 N–H and O–H groups in total. The molecule has 0 spiro atoms. The average molecular weight is 336 g/mol. The number of ether oxygens (including phenoxy) is 3. The summed E-state index contributed by atoms with van der Waals surface area (Å²) in [5.41, 5.74) is 7.13. The summed E-state index contributed by atoms with van der Waals surface area (Å²) in [4.78, 5) is 12.3. The lowest BCUT2D eigenvalue weighted by Gasteiger charge is -2.32. The molecule has 0 bridgehead atoms. The fraction of sp³-hybridized carbons (Fsp3) is 0.611. The molecule has 6 heteroatoms. The Bertz CT molecular complexity index is 528. The molecule has 0 saturated heterocycles. The quantitative estimate of drug-likeness (QED) is 0.788. The van der Waals surface area contributed by atoms with Crippen LogP contribution in [-0.2, 0) is 16.0 Å². The summed E-state index contributed by atoms with van der Waals surface area (Å²) in [7, 11) is 4.92. The third-order valence-electron chi connectivity index (χ3n) is 4.63. The van der Waals surface area contributed by atoms with Crippen molar-refractivity contribution in [1.29, 1.82) is 0 Å². The van der Waals surface area contributed by atoms with Crippen molar-refractivity contribution in [3.63, 3.8) is 0 Å². The Kier molecular flexibility index (Phi) is 6.87. The van der Waals surface area contributed by atoms with Crippen LogP contribution in [0, 0.1) is 5.92 Å². The summed E-state index contributed by atoms with van der Waals surface area (Å²) in [5, 5.41) is 3.01. The lowest BCUT2D eigenvalue weighted by atomic mass is 9.83. The van der Waals surface area contributed by atoms with Gasteiger partial charge in [0.2, 0.25) is 5.91 Å². The van der Waals surface area contributed by atoms with Crippen LogP contribution in [0.5, 0.6) is 11.5 Å². The van der Waals surface area contributed by atoms with Gasteiger partial charge in [0.25, 0.3) is 0 Å². The van der Waals surface area contributed by atoms with Gasteiger partial charge in [-0.3, -0.25) is 4.79 Å². The van der Waals surface area contributed by atoms with Gasteiger partial charge in [-0.1, -0.05) is 0 Å². The van der Waals surface area contributed by atoms with E-state index in [0.717, 1.165) is 36.3 Å². The standard InChI is InChI=1S/C18H28N2O4/c1-22-14-8-12(9-15(11-14)23-2)6-7-20-18(21)13-4-5-17(24-3)16(19)10-13/h8-9,11,13,16-17H,4-7,10,19H2,1-3H3,(H,20,21)/t13-,16+,17+/m0/s1. The molecule has 1 fully saturated rings. The lowest BCUT2D eigenvalue weighted by Crippen LogP contribution is -2.45. The molecule has 1 aromatic rings. The number of carbonyl (C=O) groups excluding carboxylic acids is 1. The maximum atomic E-state index is 12.3. The molecular weight excluding hydrogens is 308 g/mol. The topological polar surface area (TPSA) is 82.8 Å². The molecule has 0 aliphatic heterocycles. The van der Waals surface area contributed by atoms with E-state index in [9.17, 15) is 4.79 Å². The summed E-state index contributed by atoms with van der Waals surface area (Å²) in [5.74, 6) is 1.56. The molecule has 1 saturated carbocycles. The van der Waals surface area contributed by atoms with Gasteiger partial charge in [-0.25, -0.2) is 0 Å². The predicted octanol–water partition coefficient (Wildman–Crippen LogP) is 1.50. The number of nitrogens with one attached hydrogen (secondary N) is 1. The van der Waals surface area contributed by atoms with Crippen LogP contribution in [-0.4, -0.2) is 45.9 Å². The highest BCUT2D eigenvalue weighted by molar-refractivity contribution is 5.78. The van der Waals surface area contributed by atoms with E-state index in [-0.39, 0.29) is 24.0 Å². The van der Waals surface area contributed by atoms with Crippen LogP contribution < -0.4 is 20.5 Å². The first-order valence-corrected chi connectivity index (χ1v) is 8.35. The largest absolute Gasteiger partial charge is 0.497 e. The molecule has 0 aromatic heterocycles. The zero-order chi connectivity index (χ0) is 17.5. The number of benzene rings is 1. The number of nitrogens with two attached hydrogens (primary N) is 1. The number of rotatable bonds is 7. The van der Waals surface area contributed by atoms with E-state index < -0.39 is 0 Å². The first-order valence-electron chi connectivity index (χ1n) is 8.35. The number of methoxy groups -OCH3 is 3. The molecule has 1 aromatic carbocycles. The highest BCUT2D eigenvalue weighted by Crippen LogP contribution is 2.26. The Morgan fingerprint density at radius 2 is 1.83 bits per heavy atom. The molecule has 6 nitrogen and oxygen atoms in total. The third kappa shape index (κ3) is 4.85. The van der Waals surface area contributed by atoms with Crippen LogP contribution in [0.15, 0.2) is 18.2 Å². The van der Waals surface area contributed by atoms with E-state index in [4.69, 9.17) is 19.9 Å². The van der Waals surface area contributed by atoms with Gasteiger partial charge in [0.1, 0.15) is 11.5 Å². The molecule has 2 rings (SSSR count). The smallest absolute Gasteiger partial charge is 0.223 e. The summed E-state index contributed by atoms with van der Waals surface area (Å²) >= 11 is 0. The molecule has 24 heavy (non-hydrogen) atoms. The first kappa shape index (κ1) is 18.5. The minimum atomic E-state index is -0.0675. The van der Waals surface area contributed by atoms with E-state index >= 15 is 0 Å². The summed E-state index contributed by atoms with van der Waals surface area (Å²) in [6.07, 6.45) is 3.13. The molecular formula is C18H28N2O4. The van der Waals surface area contributed by atoms with Crippen molar-refractivity contribution in [2.24, 2.45) is 11.7 Å². The number of hydrogen-bond acceptors (Lipinski definition) is 5. The Morgan fingerprint density at radius 1 is 1.17 bits per heavy atom. The van der Waals surface area contributed by atoms with Gasteiger partial charge in [-0.05, 0) is 43.4 Å². The van der Waals surface area contributed by atoms with Crippen molar-refractivity contribution < 1.29 is 19.0 Å². The van der Waals surface area contributed by atoms with Gasteiger partial charge in [-0.2, -0.15) is 0 Å². The summed E-state index contributed by atoms with van der Waals surface area (Å²) in [6, 6.07) is 5.67.